The highest BCUT2D eigenvalue weighted by Crippen LogP contribution is 2.16. The first-order chi connectivity index (χ1) is 17.0. The van der Waals surface area contributed by atoms with Crippen molar-refractivity contribution in [3.8, 4) is 0 Å². The number of nitro groups is 1. The van der Waals surface area contributed by atoms with Gasteiger partial charge < -0.3 is 0 Å². The highest BCUT2D eigenvalue weighted by Gasteiger charge is 2.17. The molecule has 2 aromatic heterocycles. The van der Waals surface area contributed by atoms with E-state index in [0.29, 0.717) is 39.6 Å². The van der Waals surface area contributed by atoms with E-state index in [-0.39, 0.29) is 17.1 Å². The van der Waals surface area contributed by atoms with Crippen LogP contribution in [0, 0.1) is 10.1 Å². The van der Waals surface area contributed by atoms with Gasteiger partial charge in [-0.2, -0.15) is 9.35 Å². The van der Waals surface area contributed by atoms with E-state index in [0.717, 1.165) is 0 Å². The molecule has 0 aliphatic rings. The molecule has 0 unspecified atom stereocenters. The van der Waals surface area contributed by atoms with Crippen molar-refractivity contribution >= 4 is 39.6 Å². The fraction of sp³-hybridized carbons (Fsp3) is 0.0769. The van der Waals surface area contributed by atoms with Crippen LogP contribution >= 0.6 is 0 Å². The van der Waals surface area contributed by atoms with Gasteiger partial charge in [0.05, 0.1) is 26.7 Å². The molecule has 0 spiro atoms. The Balaban J connectivity index is 1.79. The SMILES string of the molecule is CCc1nc2ccccc2c(=O)n1-n1c(/C=C/c2ccc([N+](=O)[O-])cc2)nc2ccccc2c1=O. The number of aromatic nitrogens is 4. The highest BCUT2D eigenvalue weighted by molar-refractivity contribution is 5.80. The summed E-state index contributed by atoms with van der Waals surface area (Å²) in [5.74, 6) is 0.638. The molecule has 9 nitrogen and oxygen atoms in total. The van der Waals surface area contributed by atoms with Crippen LogP contribution in [0.3, 0.4) is 0 Å². The van der Waals surface area contributed by atoms with Crippen LogP contribution in [0.4, 0.5) is 5.69 Å². The molecule has 3 aromatic carbocycles. The molecule has 5 rings (SSSR count). The Morgan fingerprint density at radius 2 is 1.37 bits per heavy atom. The highest BCUT2D eigenvalue weighted by atomic mass is 16.6. The monoisotopic (exact) mass is 465 g/mol. The van der Waals surface area contributed by atoms with Crippen molar-refractivity contribution in [2.24, 2.45) is 0 Å². The lowest BCUT2D eigenvalue weighted by atomic mass is 10.2. The Kier molecular flexibility index (Phi) is 5.50. The van der Waals surface area contributed by atoms with Gasteiger partial charge in [0.2, 0.25) is 0 Å². The van der Waals surface area contributed by atoms with E-state index in [9.17, 15) is 19.7 Å². The second-order valence-corrected chi connectivity index (χ2v) is 7.80. The molecule has 5 aromatic rings. The summed E-state index contributed by atoms with van der Waals surface area (Å²) in [6.45, 7) is 1.86. The molecule has 9 heteroatoms. The van der Waals surface area contributed by atoms with Gasteiger partial charge in [0, 0.05) is 18.6 Å². The molecule has 0 aliphatic heterocycles. The van der Waals surface area contributed by atoms with E-state index >= 15 is 0 Å². The molecule has 0 aliphatic carbocycles. The van der Waals surface area contributed by atoms with Crippen LogP contribution in [0.15, 0.2) is 82.4 Å². The zero-order valence-electron chi connectivity index (χ0n) is 18.7. The largest absolute Gasteiger partial charge is 0.281 e. The molecule has 0 saturated heterocycles. The number of nitro benzene ring substituents is 1. The van der Waals surface area contributed by atoms with Crippen molar-refractivity contribution in [3.63, 3.8) is 0 Å². The maximum atomic E-state index is 13.7. The lowest BCUT2D eigenvalue weighted by Crippen LogP contribution is -2.39. The van der Waals surface area contributed by atoms with E-state index < -0.39 is 10.5 Å². The fourth-order valence-electron chi connectivity index (χ4n) is 3.92. The second kappa shape index (κ2) is 8.79. The lowest BCUT2D eigenvalue weighted by Gasteiger charge is -2.17. The molecule has 0 saturated carbocycles. The first-order valence-electron chi connectivity index (χ1n) is 10.9. The third-order valence-corrected chi connectivity index (χ3v) is 5.64. The average molecular weight is 465 g/mol. The van der Waals surface area contributed by atoms with Crippen LogP contribution < -0.4 is 11.1 Å². The number of rotatable bonds is 5. The number of non-ortho nitro benzene ring substituents is 1. The van der Waals surface area contributed by atoms with Crippen LogP contribution in [0.5, 0.6) is 0 Å². The first kappa shape index (κ1) is 21.9. The Hall–Kier alpha value is -4.92. The topological polar surface area (TPSA) is 113 Å². The quantitative estimate of drug-likeness (QED) is 0.286. The van der Waals surface area contributed by atoms with Gasteiger partial charge in [-0.25, -0.2) is 9.97 Å². The number of hydrogen-bond donors (Lipinski definition) is 0. The Bertz CT molecular complexity index is 1750. The van der Waals surface area contributed by atoms with Crippen LogP contribution in [0.25, 0.3) is 34.0 Å². The van der Waals surface area contributed by atoms with Gasteiger partial charge >= 0.3 is 0 Å². The molecule has 0 fully saturated rings. The lowest BCUT2D eigenvalue weighted by molar-refractivity contribution is -0.384. The maximum Gasteiger partial charge on any atom is 0.281 e. The minimum atomic E-state index is -0.471. The van der Waals surface area contributed by atoms with Gasteiger partial charge in [0.15, 0.2) is 5.82 Å². The normalized spacial score (nSPS) is 11.5. The first-order valence-corrected chi connectivity index (χ1v) is 10.9. The van der Waals surface area contributed by atoms with E-state index in [4.69, 9.17) is 0 Å². The van der Waals surface area contributed by atoms with E-state index in [1.807, 2.05) is 6.92 Å². The third kappa shape index (κ3) is 3.89. The second-order valence-electron chi connectivity index (χ2n) is 7.80. The van der Waals surface area contributed by atoms with Crippen LogP contribution in [-0.2, 0) is 6.42 Å². The third-order valence-electron chi connectivity index (χ3n) is 5.64. The summed E-state index contributed by atoms with van der Waals surface area (Å²) in [6, 6.07) is 19.9. The minimum absolute atomic E-state index is 0.0238. The number of fused-ring (bicyclic) bond motifs is 2. The summed E-state index contributed by atoms with van der Waals surface area (Å²) in [5, 5.41) is 11.7. The van der Waals surface area contributed by atoms with E-state index in [1.165, 1.54) is 21.5 Å². The molecule has 35 heavy (non-hydrogen) atoms. The van der Waals surface area contributed by atoms with Gasteiger partial charge in [0.25, 0.3) is 16.8 Å². The summed E-state index contributed by atoms with van der Waals surface area (Å²) in [5.41, 5.74) is 0.894. The number of hydrogen-bond acceptors (Lipinski definition) is 6. The standard InChI is InChI=1S/C26H19N5O4/c1-2-23-27-21-9-5-3-7-19(21)25(32)29(23)30-24(28-22-10-6-4-8-20(22)26(30)33)16-13-17-11-14-18(15-12-17)31(34)35/h3-16H,2H2,1H3/b16-13+. The summed E-state index contributed by atoms with van der Waals surface area (Å²) >= 11 is 0. The van der Waals surface area contributed by atoms with Crippen molar-refractivity contribution in [3.05, 3.63) is 121 Å². The number of benzene rings is 3. The van der Waals surface area contributed by atoms with E-state index in [2.05, 4.69) is 9.97 Å². The van der Waals surface area contributed by atoms with Crippen LogP contribution in [0.2, 0.25) is 0 Å². The van der Waals surface area contributed by atoms with Gasteiger partial charge in [-0.05, 0) is 48.0 Å². The Morgan fingerprint density at radius 1 is 0.800 bits per heavy atom. The van der Waals surface area contributed by atoms with E-state index in [1.54, 1.807) is 72.8 Å². The van der Waals surface area contributed by atoms with Crippen molar-refractivity contribution in [1.82, 2.24) is 19.3 Å². The maximum absolute atomic E-state index is 13.7. The molecule has 0 amide bonds. The smallest absolute Gasteiger partial charge is 0.267 e. The molecule has 0 bridgehead atoms. The molecule has 2 heterocycles. The van der Waals surface area contributed by atoms with Gasteiger partial charge in [-0.15, -0.1) is 0 Å². The van der Waals surface area contributed by atoms with Crippen molar-refractivity contribution in [1.29, 1.82) is 0 Å². The summed E-state index contributed by atoms with van der Waals surface area (Å²) in [6.07, 6.45) is 3.70. The molecule has 172 valence electrons. The molecule has 0 atom stereocenters. The average Bonchev–Trinajstić information content (AvgIpc) is 2.88. The molecule has 0 radical (unpaired) electrons. The summed E-state index contributed by atoms with van der Waals surface area (Å²) in [7, 11) is 0. The number of aryl methyl sites for hydroxylation is 1. The van der Waals surface area contributed by atoms with Crippen molar-refractivity contribution < 1.29 is 4.92 Å². The van der Waals surface area contributed by atoms with Crippen LogP contribution in [-0.4, -0.2) is 24.2 Å². The van der Waals surface area contributed by atoms with Crippen molar-refractivity contribution in [2.45, 2.75) is 13.3 Å². The van der Waals surface area contributed by atoms with Gasteiger partial charge in [0.1, 0.15) is 5.82 Å². The predicted molar refractivity (Wildman–Crippen MR) is 134 cm³/mol. The summed E-state index contributed by atoms with van der Waals surface area (Å²) in [4.78, 5) is 47.0. The van der Waals surface area contributed by atoms with Gasteiger partial charge in [-0.1, -0.05) is 37.3 Å². The Labute approximate surface area is 198 Å². The zero-order valence-corrected chi connectivity index (χ0v) is 18.7. The van der Waals surface area contributed by atoms with Gasteiger partial charge in [-0.3, -0.25) is 19.7 Å². The predicted octanol–water partition coefficient (Wildman–Crippen LogP) is 4.06. The number of para-hydroxylation sites is 2. The Morgan fingerprint density at radius 3 is 1.97 bits per heavy atom. The van der Waals surface area contributed by atoms with Crippen molar-refractivity contribution in [2.75, 3.05) is 0 Å². The fourth-order valence-corrected chi connectivity index (χ4v) is 3.92. The molecule has 0 N–H and O–H groups in total. The minimum Gasteiger partial charge on any atom is -0.267 e. The summed E-state index contributed by atoms with van der Waals surface area (Å²) < 4.78 is 2.52. The number of nitrogens with zero attached hydrogens (tertiary/aromatic N) is 5. The van der Waals surface area contributed by atoms with Crippen LogP contribution in [0.1, 0.15) is 24.1 Å². The zero-order chi connectivity index (χ0) is 24.5. The molecular weight excluding hydrogens is 446 g/mol. The molecular formula is C26H19N5O4.